The lowest BCUT2D eigenvalue weighted by molar-refractivity contribution is -0.137. The molecule has 1 fully saturated rings. The smallest absolute Gasteiger partial charge is 0.416 e. The number of anilines is 1. The number of carbonyl (C=O) groups excluding carboxylic acids is 2. The summed E-state index contributed by atoms with van der Waals surface area (Å²) in [6, 6.07) is 8.52. The number of alkyl halides is 5. The Kier molecular flexibility index (Phi) is 6.85. The third-order valence-electron chi connectivity index (χ3n) is 4.89. The molecule has 1 aliphatic heterocycles. The van der Waals surface area contributed by atoms with E-state index in [1.165, 1.54) is 37.4 Å². The van der Waals surface area contributed by atoms with E-state index in [-0.39, 0.29) is 36.7 Å². The molecule has 3 rings (SSSR count). The lowest BCUT2D eigenvalue weighted by Crippen LogP contribution is -2.32. The zero-order chi connectivity index (χ0) is 23.5. The van der Waals surface area contributed by atoms with Crippen LogP contribution in [0.1, 0.15) is 17.5 Å². The summed E-state index contributed by atoms with van der Waals surface area (Å²) in [5.41, 5.74) is -0.278. The van der Waals surface area contributed by atoms with Gasteiger partial charge in [0.15, 0.2) is 11.5 Å². The molecule has 1 heterocycles. The van der Waals surface area contributed by atoms with Crippen molar-refractivity contribution in [3.05, 3.63) is 53.6 Å². The van der Waals surface area contributed by atoms with E-state index in [4.69, 9.17) is 4.74 Å². The predicted molar refractivity (Wildman–Crippen MR) is 103 cm³/mol. The van der Waals surface area contributed by atoms with Crippen LogP contribution in [0.4, 0.5) is 27.6 Å². The third-order valence-corrected chi connectivity index (χ3v) is 4.89. The molecular weight excluding hydrogens is 439 g/mol. The first-order valence-electron chi connectivity index (χ1n) is 9.45. The van der Waals surface area contributed by atoms with E-state index in [1.807, 2.05) is 0 Å². The van der Waals surface area contributed by atoms with Crippen LogP contribution in [-0.2, 0) is 22.3 Å². The summed E-state index contributed by atoms with van der Waals surface area (Å²) < 4.78 is 73.0. The lowest BCUT2D eigenvalue weighted by Gasteiger charge is -2.18. The number of hydrogen-bond donors (Lipinski definition) is 1. The Morgan fingerprint density at radius 3 is 2.59 bits per heavy atom. The second kappa shape index (κ2) is 9.41. The standard InChI is InChI=1S/C21H19F5N2O4/c1-31-17-7-12(5-6-16(17)32-20(22)23)10-27-19(30)13-8-18(29)28(11-13)15-4-2-3-14(9-15)21(24,25)26/h2-7,9,13,20H,8,10-11H2,1H3,(H,27,30). The van der Waals surface area contributed by atoms with Crippen LogP contribution >= 0.6 is 0 Å². The number of methoxy groups -OCH3 is 1. The minimum absolute atomic E-state index is 0.0262. The Morgan fingerprint density at radius 1 is 1.19 bits per heavy atom. The van der Waals surface area contributed by atoms with Gasteiger partial charge in [0.1, 0.15) is 0 Å². The van der Waals surface area contributed by atoms with Crippen LogP contribution in [0.3, 0.4) is 0 Å². The van der Waals surface area contributed by atoms with E-state index < -0.39 is 36.1 Å². The molecule has 11 heteroatoms. The van der Waals surface area contributed by atoms with Crippen molar-refractivity contribution >= 4 is 17.5 Å². The summed E-state index contributed by atoms with van der Waals surface area (Å²) in [6.45, 7) is -3.05. The molecule has 0 aliphatic carbocycles. The first-order valence-corrected chi connectivity index (χ1v) is 9.45. The molecular formula is C21H19F5N2O4. The van der Waals surface area contributed by atoms with Crippen LogP contribution in [0.25, 0.3) is 0 Å². The number of carbonyl (C=O) groups is 2. The van der Waals surface area contributed by atoms with Gasteiger partial charge < -0.3 is 19.7 Å². The zero-order valence-corrected chi connectivity index (χ0v) is 16.8. The molecule has 2 amide bonds. The van der Waals surface area contributed by atoms with Gasteiger partial charge in [0, 0.05) is 25.2 Å². The summed E-state index contributed by atoms with van der Waals surface area (Å²) in [4.78, 5) is 26.0. The van der Waals surface area contributed by atoms with Crippen molar-refractivity contribution in [2.24, 2.45) is 5.92 Å². The molecule has 0 bridgehead atoms. The SMILES string of the molecule is COc1cc(CNC(=O)C2CC(=O)N(c3cccc(C(F)(F)F)c3)C2)ccc1OC(F)F. The summed E-state index contributed by atoms with van der Waals surface area (Å²) in [6.07, 6.45) is -4.70. The molecule has 32 heavy (non-hydrogen) atoms. The van der Waals surface area contributed by atoms with Crippen LogP contribution in [0, 0.1) is 5.92 Å². The number of hydrogen-bond acceptors (Lipinski definition) is 4. The van der Waals surface area contributed by atoms with Gasteiger partial charge in [-0.2, -0.15) is 22.0 Å². The summed E-state index contributed by atoms with van der Waals surface area (Å²) >= 11 is 0. The highest BCUT2D eigenvalue weighted by atomic mass is 19.4. The second-order valence-corrected chi connectivity index (χ2v) is 7.03. The molecule has 0 radical (unpaired) electrons. The molecule has 1 N–H and O–H groups in total. The quantitative estimate of drug-likeness (QED) is 0.638. The third kappa shape index (κ3) is 5.45. The highest BCUT2D eigenvalue weighted by Gasteiger charge is 2.36. The van der Waals surface area contributed by atoms with Crippen molar-refractivity contribution in [3.63, 3.8) is 0 Å². The normalized spacial score (nSPS) is 16.4. The Balaban J connectivity index is 1.63. The van der Waals surface area contributed by atoms with Gasteiger partial charge >= 0.3 is 12.8 Å². The Morgan fingerprint density at radius 2 is 1.94 bits per heavy atom. The number of nitrogens with one attached hydrogen (secondary N) is 1. The van der Waals surface area contributed by atoms with E-state index in [1.54, 1.807) is 0 Å². The van der Waals surface area contributed by atoms with Gasteiger partial charge in [-0.1, -0.05) is 12.1 Å². The number of rotatable bonds is 7. The second-order valence-electron chi connectivity index (χ2n) is 7.03. The minimum Gasteiger partial charge on any atom is -0.493 e. The molecule has 2 aromatic rings. The number of amides is 2. The number of halogens is 5. The highest BCUT2D eigenvalue weighted by Crippen LogP contribution is 2.34. The van der Waals surface area contributed by atoms with Crippen LogP contribution in [0.5, 0.6) is 11.5 Å². The van der Waals surface area contributed by atoms with Gasteiger partial charge in [-0.15, -0.1) is 0 Å². The van der Waals surface area contributed by atoms with Gasteiger partial charge in [0.05, 0.1) is 18.6 Å². The van der Waals surface area contributed by atoms with Gasteiger partial charge in [-0.25, -0.2) is 0 Å². The van der Waals surface area contributed by atoms with Gasteiger partial charge in [0.25, 0.3) is 0 Å². The van der Waals surface area contributed by atoms with Crippen LogP contribution in [-0.4, -0.2) is 32.1 Å². The largest absolute Gasteiger partial charge is 0.493 e. The van der Waals surface area contributed by atoms with Gasteiger partial charge in [0.2, 0.25) is 11.8 Å². The van der Waals surface area contributed by atoms with Gasteiger partial charge in [-0.3, -0.25) is 9.59 Å². The maximum atomic E-state index is 12.9. The molecule has 0 saturated carbocycles. The average Bonchev–Trinajstić information content (AvgIpc) is 3.13. The topological polar surface area (TPSA) is 67.9 Å². The van der Waals surface area contributed by atoms with E-state index in [0.717, 1.165) is 17.0 Å². The first-order chi connectivity index (χ1) is 15.1. The van der Waals surface area contributed by atoms with Crippen molar-refractivity contribution in [3.8, 4) is 11.5 Å². The van der Waals surface area contributed by atoms with Gasteiger partial charge in [-0.05, 0) is 35.9 Å². The minimum atomic E-state index is -4.55. The van der Waals surface area contributed by atoms with E-state index in [2.05, 4.69) is 10.1 Å². The monoisotopic (exact) mass is 458 g/mol. The summed E-state index contributed by atoms with van der Waals surface area (Å²) in [5.74, 6) is -1.76. The van der Waals surface area contributed by atoms with Crippen LogP contribution in [0.2, 0.25) is 0 Å². The molecule has 1 atom stereocenters. The maximum absolute atomic E-state index is 12.9. The molecule has 172 valence electrons. The Hall–Kier alpha value is -3.37. The molecule has 1 unspecified atom stereocenters. The molecule has 0 spiro atoms. The summed E-state index contributed by atoms with van der Waals surface area (Å²) in [5, 5.41) is 2.64. The maximum Gasteiger partial charge on any atom is 0.416 e. The van der Waals surface area contributed by atoms with Crippen LogP contribution in [0.15, 0.2) is 42.5 Å². The number of benzene rings is 2. The van der Waals surface area contributed by atoms with E-state index in [0.29, 0.717) is 5.56 Å². The lowest BCUT2D eigenvalue weighted by atomic mass is 10.1. The van der Waals surface area contributed by atoms with Crippen molar-refractivity contribution in [2.75, 3.05) is 18.6 Å². The molecule has 2 aromatic carbocycles. The average molecular weight is 458 g/mol. The Labute approximate surface area is 179 Å². The number of nitrogens with zero attached hydrogens (tertiary/aromatic N) is 1. The molecule has 1 aliphatic rings. The molecule has 1 saturated heterocycles. The summed E-state index contributed by atoms with van der Waals surface area (Å²) in [7, 11) is 1.28. The van der Waals surface area contributed by atoms with E-state index >= 15 is 0 Å². The number of ether oxygens (including phenoxy) is 2. The molecule has 0 aromatic heterocycles. The van der Waals surface area contributed by atoms with Crippen molar-refractivity contribution in [1.29, 1.82) is 0 Å². The highest BCUT2D eigenvalue weighted by molar-refractivity contribution is 6.00. The Bertz CT molecular complexity index is 996. The van der Waals surface area contributed by atoms with Crippen molar-refractivity contribution in [2.45, 2.75) is 25.8 Å². The first kappa shape index (κ1) is 23.3. The predicted octanol–water partition coefficient (Wildman–Crippen LogP) is 3.98. The van der Waals surface area contributed by atoms with Crippen molar-refractivity contribution in [1.82, 2.24) is 5.32 Å². The zero-order valence-electron chi connectivity index (χ0n) is 16.8. The molecule has 6 nitrogen and oxygen atoms in total. The van der Waals surface area contributed by atoms with Crippen molar-refractivity contribution < 1.29 is 41.0 Å². The fourth-order valence-corrected chi connectivity index (χ4v) is 3.33. The fraction of sp³-hybridized carbons (Fsp3) is 0.333. The van der Waals surface area contributed by atoms with Crippen LogP contribution < -0.4 is 19.7 Å². The van der Waals surface area contributed by atoms with E-state index in [9.17, 15) is 31.5 Å². The fourth-order valence-electron chi connectivity index (χ4n) is 3.33.